The highest BCUT2D eigenvalue weighted by Gasteiger charge is 2.16. The highest BCUT2D eigenvalue weighted by atomic mass is 16.6. The molecule has 0 aromatic heterocycles. The van der Waals surface area contributed by atoms with Crippen molar-refractivity contribution in [3.8, 4) is 11.8 Å². The molecule has 0 saturated heterocycles. The minimum absolute atomic E-state index is 0.104. The fraction of sp³-hybridized carbons (Fsp3) is 0.0417. The van der Waals surface area contributed by atoms with Gasteiger partial charge in [-0.25, -0.2) is 10.2 Å². The van der Waals surface area contributed by atoms with Crippen LogP contribution in [0.3, 0.4) is 0 Å². The van der Waals surface area contributed by atoms with Crippen LogP contribution in [0.2, 0.25) is 0 Å². The Bertz CT molecular complexity index is 1360. The number of hydrazone groups is 1. The summed E-state index contributed by atoms with van der Waals surface area (Å²) in [6.07, 6.45) is 0. The Morgan fingerprint density at radius 1 is 0.971 bits per heavy atom. The van der Waals surface area contributed by atoms with Crippen LogP contribution in [0.5, 0.6) is 5.75 Å². The molecule has 0 aliphatic heterocycles. The normalized spacial score (nSPS) is 10.6. The van der Waals surface area contributed by atoms with Crippen LogP contribution in [0, 0.1) is 21.4 Å². The molecule has 2 N–H and O–H groups in total. The average molecular weight is 471 g/mol. The van der Waals surface area contributed by atoms with Gasteiger partial charge in [0.05, 0.1) is 27.8 Å². The number of nitrogens with one attached hydrogen (secondary N) is 2. The van der Waals surface area contributed by atoms with Crippen LogP contribution in [-0.4, -0.2) is 28.4 Å². The minimum Gasteiger partial charge on any atom is -0.422 e. The first-order chi connectivity index (χ1) is 16.8. The summed E-state index contributed by atoms with van der Waals surface area (Å²) in [4.78, 5) is 46.9. The SMILES string of the molecule is CC(=NNC(=O)C(=O)Nc1ccc(C#N)cc1)c1ccccc1OC(=O)c1ccc([N+](=O)[O-])cc1. The third-order valence-electron chi connectivity index (χ3n) is 4.60. The number of non-ortho nitro benzene ring substituents is 1. The molecule has 0 fully saturated rings. The van der Waals surface area contributed by atoms with Crippen LogP contribution in [-0.2, 0) is 9.59 Å². The zero-order valence-electron chi connectivity index (χ0n) is 18.2. The lowest BCUT2D eigenvalue weighted by Crippen LogP contribution is -2.33. The highest BCUT2D eigenvalue weighted by molar-refractivity contribution is 6.39. The van der Waals surface area contributed by atoms with E-state index in [1.54, 1.807) is 18.2 Å². The monoisotopic (exact) mass is 471 g/mol. The van der Waals surface area contributed by atoms with Gasteiger partial charge in [-0.3, -0.25) is 19.7 Å². The van der Waals surface area contributed by atoms with Gasteiger partial charge in [-0.15, -0.1) is 0 Å². The number of nitrogens with zero attached hydrogens (tertiary/aromatic N) is 3. The number of carbonyl (C=O) groups is 3. The van der Waals surface area contributed by atoms with Crippen molar-refractivity contribution in [1.29, 1.82) is 5.26 Å². The van der Waals surface area contributed by atoms with Crippen LogP contribution in [0.1, 0.15) is 28.4 Å². The standard InChI is InChI=1S/C24H17N5O6/c1-15(27-28-23(31)22(30)26-18-10-6-16(14-25)7-11-18)20-4-2-3-5-21(20)35-24(32)17-8-12-19(13-9-17)29(33)34/h2-13H,1H3,(H,26,30)(H,28,31). The first-order valence-corrected chi connectivity index (χ1v) is 10.0. The number of nitriles is 1. The van der Waals surface area contributed by atoms with Crippen molar-refractivity contribution < 1.29 is 24.0 Å². The average Bonchev–Trinajstić information content (AvgIpc) is 2.87. The van der Waals surface area contributed by atoms with E-state index >= 15 is 0 Å². The molecule has 0 saturated carbocycles. The molecule has 0 spiro atoms. The molecule has 3 rings (SSSR count). The summed E-state index contributed by atoms with van der Waals surface area (Å²) in [5.41, 5.74) is 3.42. The Morgan fingerprint density at radius 3 is 2.26 bits per heavy atom. The Kier molecular flexibility index (Phi) is 7.61. The molecule has 0 bridgehead atoms. The molecule has 0 unspecified atom stereocenters. The number of hydrogen-bond donors (Lipinski definition) is 2. The van der Waals surface area contributed by atoms with Crippen molar-refractivity contribution in [1.82, 2.24) is 5.43 Å². The lowest BCUT2D eigenvalue weighted by atomic mass is 10.1. The van der Waals surface area contributed by atoms with Gasteiger partial charge in [0.2, 0.25) is 0 Å². The van der Waals surface area contributed by atoms with E-state index in [4.69, 9.17) is 10.00 Å². The number of ether oxygens (including phenoxy) is 1. The molecule has 3 aromatic rings. The molecule has 2 amide bonds. The number of carbonyl (C=O) groups excluding carboxylic acids is 3. The summed E-state index contributed by atoms with van der Waals surface area (Å²) in [5.74, 6) is -2.61. The molecule has 0 atom stereocenters. The van der Waals surface area contributed by atoms with E-state index in [1.807, 2.05) is 6.07 Å². The maximum absolute atomic E-state index is 12.5. The smallest absolute Gasteiger partial charge is 0.343 e. The molecule has 0 heterocycles. The summed E-state index contributed by atoms with van der Waals surface area (Å²) < 4.78 is 5.40. The lowest BCUT2D eigenvalue weighted by molar-refractivity contribution is -0.384. The van der Waals surface area contributed by atoms with Crippen molar-refractivity contribution in [3.63, 3.8) is 0 Å². The van der Waals surface area contributed by atoms with Crippen molar-refractivity contribution >= 4 is 34.9 Å². The summed E-state index contributed by atoms with van der Waals surface area (Å²) in [6, 6.07) is 19.2. The highest BCUT2D eigenvalue weighted by Crippen LogP contribution is 2.21. The Labute approximate surface area is 198 Å². The topological polar surface area (TPSA) is 164 Å². The van der Waals surface area contributed by atoms with E-state index in [-0.39, 0.29) is 22.7 Å². The van der Waals surface area contributed by atoms with E-state index in [2.05, 4.69) is 15.8 Å². The quantitative estimate of drug-likeness (QED) is 0.139. The van der Waals surface area contributed by atoms with Gasteiger partial charge in [-0.1, -0.05) is 12.1 Å². The van der Waals surface area contributed by atoms with Crippen LogP contribution < -0.4 is 15.5 Å². The van der Waals surface area contributed by atoms with Gasteiger partial charge in [0, 0.05) is 23.4 Å². The largest absolute Gasteiger partial charge is 0.422 e. The van der Waals surface area contributed by atoms with Crippen molar-refractivity contribution in [3.05, 3.63) is 99.6 Å². The van der Waals surface area contributed by atoms with Crippen LogP contribution >= 0.6 is 0 Å². The van der Waals surface area contributed by atoms with E-state index in [9.17, 15) is 24.5 Å². The van der Waals surface area contributed by atoms with Crippen molar-refractivity contribution in [2.45, 2.75) is 6.92 Å². The van der Waals surface area contributed by atoms with E-state index in [0.29, 0.717) is 16.8 Å². The molecule has 0 aliphatic rings. The minimum atomic E-state index is -1.03. The second kappa shape index (κ2) is 11.0. The lowest BCUT2D eigenvalue weighted by Gasteiger charge is -2.10. The Morgan fingerprint density at radius 2 is 1.63 bits per heavy atom. The maximum atomic E-state index is 12.5. The molecule has 35 heavy (non-hydrogen) atoms. The fourth-order valence-electron chi connectivity index (χ4n) is 2.79. The number of rotatable bonds is 6. The predicted octanol–water partition coefficient (Wildman–Crippen LogP) is 3.16. The molecule has 11 heteroatoms. The number of amides is 2. The third kappa shape index (κ3) is 6.33. The number of esters is 1. The molecule has 174 valence electrons. The van der Waals surface area contributed by atoms with Crippen LogP contribution in [0.15, 0.2) is 77.9 Å². The van der Waals surface area contributed by atoms with E-state index < -0.39 is 22.7 Å². The number of nitro benzene ring substituents is 1. The van der Waals surface area contributed by atoms with Gasteiger partial charge < -0.3 is 10.1 Å². The molecule has 0 aliphatic carbocycles. The second-order valence-electron chi connectivity index (χ2n) is 6.97. The zero-order chi connectivity index (χ0) is 25.4. The number of para-hydroxylation sites is 1. The summed E-state index contributed by atoms with van der Waals surface area (Å²) in [6.45, 7) is 1.54. The Hall–Kier alpha value is -5.37. The molecular weight excluding hydrogens is 454 g/mol. The van der Waals surface area contributed by atoms with Gasteiger partial charge in [-0.2, -0.15) is 10.4 Å². The first kappa shape index (κ1) is 24.3. The summed E-state index contributed by atoms with van der Waals surface area (Å²) in [5, 5.41) is 25.9. The van der Waals surface area contributed by atoms with Crippen LogP contribution in [0.4, 0.5) is 11.4 Å². The zero-order valence-corrected chi connectivity index (χ0v) is 18.2. The second-order valence-corrected chi connectivity index (χ2v) is 6.97. The molecule has 3 aromatic carbocycles. The van der Waals surface area contributed by atoms with Gasteiger partial charge in [-0.05, 0) is 55.5 Å². The van der Waals surface area contributed by atoms with E-state index in [0.717, 1.165) is 0 Å². The van der Waals surface area contributed by atoms with E-state index in [1.165, 1.54) is 61.5 Å². The predicted molar refractivity (Wildman–Crippen MR) is 125 cm³/mol. The van der Waals surface area contributed by atoms with Crippen molar-refractivity contribution in [2.24, 2.45) is 5.10 Å². The van der Waals surface area contributed by atoms with Gasteiger partial charge in [0.1, 0.15) is 5.75 Å². The molecular formula is C24H17N5O6. The third-order valence-corrected chi connectivity index (χ3v) is 4.60. The van der Waals surface area contributed by atoms with Crippen LogP contribution in [0.25, 0.3) is 0 Å². The van der Waals surface area contributed by atoms with Gasteiger partial charge in [0.15, 0.2) is 0 Å². The summed E-state index contributed by atoms with van der Waals surface area (Å²) in [7, 11) is 0. The molecule has 0 radical (unpaired) electrons. The first-order valence-electron chi connectivity index (χ1n) is 10.0. The number of anilines is 1. The Balaban J connectivity index is 1.67. The fourth-order valence-corrected chi connectivity index (χ4v) is 2.79. The van der Waals surface area contributed by atoms with Gasteiger partial charge >= 0.3 is 17.8 Å². The molecule has 11 nitrogen and oxygen atoms in total. The number of nitro groups is 1. The number of hydrogen-bond acceptors (Lipinski definition) is 8. The summed E-state index contributed by atoms with van der Waals surface area (Å²) >= 11 is 0. The van der Waals surface area contributed by atoms with Crippen molar-refractivity contribution in [2.75, 3.05) is 5.32 Å². The van der Waals surface area contributed by atoms with Gasteiger partial charge in [0.25, 0.3) is 5.69 Å². The number of benzene rings is 3. The maximum Gasteiger partial charge on any atom is 0.343 e.